The molecular weight excluding hydrogens is 436 g/mol. The molecule has 0 bridgehead atoms. The third-order valence-electron chi connectivity index (χ3n) is 6.75. The summed E-state index contributed by atoms with van der Waals surface area (Å²) < 4.78 is 5.94. The number of amides is 1. The molecule has 0 spiro atoms. The van der Waals surface area contributed by atoms with E-state index in [-0.39, 0.29) is 24.0 Å². The zero-order chi connectivity index (χ0) is 24.4. The van der Waals surface area contributed by atoms with Crippen LogP contribution in [0.25, 0.3) is 0 Å². The Morgan fingerprint density at radius 3 is 2.46 bits per heavy atom. The van der Waals surface area contributed by atoms with Crippen LogP contribution in [0.15, 0.2) is 84.1 Å². The van der Waals surface area contributed by atoms with Crippen LogP contribution in [0.2, 0.25) is 0 Å². The van der Waals surface area contributed by atoms with Gasteiger partial charge in [-0.05, 0) is 55.2 Å². The average molecular weight is 463 g/mol. The van der Waals surface area contributed by atoms with Crippen molar-refractivity contribution in [1.29, 1.82) is 5.26 Å². The van der Waals surface area contributed by atoms with E-state index >= 15 is 0 Å². The summed E-state index contributed by atoms with van der Waals surface area (Å²) in [5.74, 6) is 0.445. The van der Waals surface area contributed by atoms with E-state index in [1.807, 2.05) is 30.3 Å². The molecule has 5 heteroatoms. The SMILES string of the molecule is Cc1ccc(COc2ccc(C3CC(=O)N(c4ccccc4C#N)C4=C3C(=O)CCC4)cc2)cc1. The second-order valence-corrected chi connectivity index (χ2v) is 9.10. The third-order valence-corrected chi connectivity index (χ3v) is 6.75. The van der Waals surface area contributed by atoms with Gasteiger partial charge in [0.2, 0.25) is 5.91 Å². The highest BCUT2D eigenvalue weighted by atomic mass is 16.5. The van der Waals surface area contributed by atoms with E-state index in [1.165, 1.54) is 5.56 Å². The van der Waals surface area contributed by atoms with Crippen LogP contribution in [-0.4, -0.2) is 11.7 Å². The molecule has 3 aromatic carbocycles. The standard InChI is InChI=1S/C30H26N2O3/c1-20-9-11-21(12-10-20)19-35-24-15-13-22(14-16-24)25-17-29(34)32(26-6-3-2-5-23(26)18-31)27-7-4-8-28(33)30(25)27/h2-3,5-6,9-16,25H,4,7-8,17,19H2,1H3. The van der Waals surface area contributed by atoms with E-state index < -0.39 is 0 Å². The van der Waals surface area contributed by atoms with Crippen molar-refractivity contribution in [3.63, 3.8) is 0 Å². The molecule has 0 aromatic heterocycles. The Morgan fingerprint density at radius 2 is 1.71 bits per heavy atom. The van der Waals surface area contributed by atoms with Gasteiger partial charge in [-0.15, -0.1) is 0 Å². The van der Waals surface area contributed by atoms with E-state index in [1.54, 1.807) is 23.1 Å². The molecule has 0 radical (unpaired) electrons. The van der Waals surface area contributed by atoms with Gasteiger partial charge in [-0.3, -0.25) is 14.5 Å². The number of carbonyl (C=O) groups excluding carboxylic acids is 2. The van der Waals surface area contributed by atoms with Crippen LogP contribution in [0.3, 0.4) is 0 Å². The molecule has 0 saturated carbocycles. The lowest BCUT2D eigenvalue weighted by Crippen LogP contribution is -2.40. The maximum atomic E-state index is 13.4. The van der Waals surface area contributed by atoms with E-state index in [4.69, 9.17) is 4.74 Å². The summed E-state index contributed by atoms with van der Waals surface area (Å²) in [4.78, 5) is 28.1. The van der Waals surface area contributed by atoms with Gasteiger partial charge in [-0.25, -0.2) is 0 Å². The van der Waals surface area contributed by atoms with Crippen LogP contribution in [-0.2, 0) is 16.2 Å². The maximum Gasteiger partial charge on any atom is 0.232 e. The van der Waals surface area contributed by atoms with Crippen molar-refractivity contribution in [1.82, 2.24) is 0 Å². The monoisotopic (exact) mass is 462 g/mol. The average Bonchev–Trinajstić information content (AvgIpc) is 2.88. The van der Waals surface area contributed by atoms with Gasteiger partial charge in [0.25, 0.3) is 0 Å². The first-order valence-electron chi connectivity index (χ1n) is 11.9. The highest BCUT2D eigenvalue weighted by Gasteiger charge is 2.40. The molecule has 5 nitrogen and oxygen atoms in total. The second kappa shape index (κ2) is 9.60. The summed E-state index contributed by atoms with van der Waals surface area (Å²) in [6.07, 6.45) is 2.01. The topological polar surface area (TPSA) is 70.4 Å². The van der Waals surface area contributed by atoms with Gasteiger partial charge < -0.3 is 4.74 Å². The van der Waals surface area contributed by atoms with Crippen LogP contribution >= 0.6 is 0 Å². The van der Waals surface area contributed by atoms with Crippen molar-refractivity contribution in [2.75, 3.05) is 4.90 Å². The highest BCUT2D eigenvalue weighted by molar-refractivity contribution is 6.08. The maximum absolute atomic E-state index is 13.4. The fourth-order valence-electron chi connectivity index (χ4n) is 4.97. The number of hydrogen-bond acceptors (Lipinski definition) is 4. The number of ether oxygens (including phenoxy) is 1. The lowest BCUT2D eigenvalue weighted by molar-refractivity contribution is -0.119. The molecule has 3 aromatic rings. The Labute approximate surface area is 205 Å². The lowest BCUT2D eigenvalue weighted by Gasteiger charge is -2.38. The molecule has 0 fully saturated rings. The van der Waals surface area contributed by atoms with Gasteiger partial charge in [0.1, 0.15) is 18.4 Å². The second-order valence-electron chi connectivity index (χ2n) is 9.10. The minimum atomic E-state index is -0.290. The molecule has 35 heavy (non-hydrogen) atoms. The van der Waals surface area contributed by atoms with Crippen LogP contribution in [0.4, 0.5) is 5.69 Å². The zero-order valence-corrected chi connectivity index (χ0v) is 19.7. The number of anilines is 1. The minimum Gasteiger partial charge on any atom is -0.489 e. The molecule has 5 rings (SSSR count). The predicted octanol–water partition coefficient (Wildman–Crippen LogP) is 5.97. The Balaban J connectivity index is 1.44. The van der Waals surface area contributed by atoms with Crippen molar-refractivity contribution in [2.45, 2.75) is 45.1 Å². The number of rotatable bonds is 5. The first kappa shape index (κ1) is 22.6. The van der Waals surface area contributed by atoms with Gasteiger partial charge in [0.05, 0.1) is 11.3 Å². The molecular formula is C30H26N2O3. The number of para-hydroxylation sites is 1. The van der Waals surface area contributed by atoms with Crippen LogP contribution in [0.5, 0.6) is 5.75 Å². The minimum absolute atomic E-state index is 0.0860. The van der Waals surface area contributed by atoms with Crippen LogP contribution in [0.1, 0.15) is 53.9 Å². The van der Waals surface area contributed by atoms with E-state index in [9.17, 15) is 14.9 Å². The van der Waals surface area contributed by atoms with Crippen molar-refractivity contribution in [2.24, 2.45) is 0 Å². The van der Waals surface area contributed by atoms with Crippen molar-refractivity contribution in [3.05, 3.63) is 106 Å². The largest absolute Gasteiger partial charge is 0.489 e. The van der Waals surface area contributed by atoms with Crippen molar-refractivity contribution >= 4 is 17.4 Å². The van der Waals surface area contributed by atoms with E-state index in [2.05, 4.69) is 37.3 Å². The third kappa shape index (κ3) is 4.48. The molecule has 2 aliphatic rings. The number of carbonyl (C=O) groups is 2. The smallest absolute Gasteiger partial charge is 0.232 e. The zero-order valence-electron chi connectivity index (χ0n) is 19.7. The number of nitriles is 1. The molecule has 1 atom stereocenters. The first-order chi connectivity index (χ1) is 17.0. The Bertz CT molecular complexity index is 1350. The Morgan fingerprint density at radius 1 is 0.971 bits per heavy atom. The molecule has 1 unspecified atom stereocenters. The number of benzene rings is 3. The van der Waals surface area contributed by atoms with Gasteiger partial charge in [-0.2, -0.15) is 5.26 Å². The summed E-state index contributed by atoms with van der Waals surface area (Å²) in [6.45, 7) is 2.53. The van der Waals surface area contributed by atoms with Crippen LogP contribution < -0.4 is 9.64 Å². The van der Waals surface area contributed by atoms with Crippen molar-refractivity contribution in [3.8, 4) is 11.8 Å². The molecule has 174 valence electrons. The molecule has 1 heterocycles. The van der Waals surface area contributed by atoms with Gasteiger partial charge in [-0.1, -0.05) is 54.1 Å². The van der Waals surface area contributed by atoms with Gasteiger partial charge in [0.15, 0.2) is 5.78 Å². The number of hydrogen-bond donors (Lipinski definition) is 0. The van der Waals surface area contributed by atoms with Crippen molar-refractivity contribution < 1.29 is 14.3 Å². The summed E-state index contributed by atoms with van der Waals surface area (Å²) in [7, 11) is 0. The predicted molar refractivity (Wildman–Crippen MR) is 134 cm³/mol. The summed E-state index contributed by atoms with van der Waals surface area (Å²) in [6, 6.07) is 25.2. The molecule has 1 amide bonds. The van der Waals surface area contributed by atoms with Gasteiger partial charge >= 0.3 is 0 Å². The highest BCUT2D eigenvalue weighted by Crippen LogP contribution is 2.44. The normalized spacial score (nSPS) is 17.7. The number of aryl methyl sites for hydroxylation is 1. The quantitative estimate of drug-likeness (QED) is 0.468. The van der Waals surface area contributed by atoms with Crippen LogP contribution in [0, 0.1) is 18.3 Å². The molecule has 0 saturated heterocycles. The summed E-state index contributed by atoms with van der Waals surface area (Å²) >= 11 is 0. The molecule has 0 N–H and O–H groups in total. The molecule has 1 aliphatic carbocycles. The number of Topliss-reactive ketones (excluding diaryl/α,β-unsaturated/α-hetero) is 1. The first-order valence-corrected chi connectivity index (χ1v) is 11.9. The van der Waals surface area contributed by atoms with E-state index in [0.717, 1.165) is 22.6 Å². The number of nitrogens with zero attached hydrogens (tertiary/aromatic N) is 2. The molecule has 1 aliphatic heterocycles. The summed E-state index contributed by atoms with van der Waals surface area (Å²) in [5.41, 5.74) is 5.66. The fourth-order valence-corrected chi connectivity index (χ4v) is 4.97. The Hall–Kier alpha value is -4.17. The van der Waals surface area contributed by atoms with Gasteiger partial charge in [0, 0.05) is 30.0 Å². The summed E-state index contributed by atoms with van der Waals surface area (Å²) in [5, 5.41) is 9.59. The number of ketones is 1. The Kier molecular flexibility index (Phi) is 6.20. The van der Waals surface area contributed by atoms with E-state index in [0.29, 0.717) is 42.7 Å². The lowest BCUT2D eigenvalue weighted by atomic mass is 9.77. The fraction of sp³-hybridized carbons (Fsp3) is 0.233. The number of allylic oxidation sites excluding steroid dienone is 2.